The molecule has 3 aliphatic rings. The third kappa shape index (κ3) is 1.95. The van der Waals surface area contributed by atoms with Gasteiger partial charge < -0.3 is 20.6 Å². The molecule has 0 saturated heterocycles. The van der Waals surface area contributed by atoms with Crippen LogP contribution in [0.3, 0.4) is 0 Å². The second kappa shape index (κ2) is 4.93. The van der Waals surface area contributed by atoms with Gasteiger partial charge in [0.2, 0.25) is 0 Å². The Kier molecular flexibility index (Phi) is 2.99. The van der Waals surface area contributed by atoms with Crippen LogP contribution in [0, 0.1) is 6.92 Å². The van der Waals surface area contributed by atoms with Gasteiger partial charge in [0, 0.05) is 16.8 Å². The highest BCUT2D eigenvalue weighted by Gasteiger charge is 2.58. The fourth-order valence-corrected chi connectivity index (χ4v) is 4.92. The minimum atomic E-state index is -1.09. The van der Waals surface area contributed by atoms with Crippen LogP contribution in [0.15, 0.2) is 42.5 Å². The third-order valence-electron chi connectivity index (χ3n) is 5.98. The number of benzene rings is 2. The van der Waals surface area contributed by atoms with E-state index in [1.807, 2.05) is 30.0 Å². The molecule has 1 amide bonds. The quantitative estimate of drug-likeness (QED) is 0.673. The number of aliphatic hydroxyl groups is 1. The summed E-state index contributed by atoms with van der Waals surface area (Å²) >= 11 is 0. The van der Waals surface area contributed by atoms with E-state index in [4.69, 9.17) is 0 Å². The van der Waals surface area contributed by atoms with Crippen LogP contribution in [-0.2, 0) is 5.66 Å². The summed E-state index contributed by atoms with van der Waals surface area (Å²) in [5.74, 6) is -0.180. The molecule has 5 rings (SSSR count). The Morgan fingerprint density at radius 3 is 2.59 bits per heavy atom. The van der Waals surface area contributed by atoms with Crippen LogP contribution in [0.4, 0.5) is 11.4 Å². The minimum absolute atomic E-state index is 0.180. The van der Waals surface area contributed by atoms with E-state index in [2.05, 4.69) is 49.6 Å². The van der Waals surface area contributed by atoms with Crippen LogP contribution >= 0.6 is 0 Å². The van der Waals surface area contributed by atoms with Crippen molar-refractivity contribution in [3.63, 3.8) is 0 Å². The maximum absolute atomic E-state index is 12.9. The molecule has 3 N–H and O–H groups in total. The summed E-state index contributed by atoms with van der Waals surface area (Å²) in [4.78, 5) is 14.9. The molecule has 0 saturated carbocycles. The Morgan fingerprint density at radius 1 is 1.07 bits per heavy atom. The number of nitrogens with zero attached hydrogens (tertiary/aromatic N) is 1. The van der Waals surface area contributed by atoms with Crippen LogP contribution < -0.4 is 15.5 Å². The van der Waals surface area contributed by atoms with Crippen molar-refractivity contribution in [2.75, 3.05) is 10.2 Å². The molecule has 0 fully saturated rings. The van der Waals surface area contributed by atoms with E-state index in [0.717, 1.165) is 28.1 Å². The molecule has 0 unspecified atom stereocenters. The number of nitrogens with one attached hydrogen (secondary N) is 2. The van der Waals surface area contributed by atoms with Crippen LogP contribution in [0.5, 0.6) is 0 Å². The van der Waals surface area contributed by atoms with Gasteiger partial charge in [0.1, 0.15) is 0 Å². The second-order valence-corrected chi connectivity index (χ2v) is 8.37. The summed E-state index contributed by atoms with van der Waals surface area (Å²) in [5, 5.41) is 18.1. The molecule has 2 atom stereocenters. The fourth-order valence-electron chi connectivity index (χ4n) is 4.92. The number of amides is 1. The number of aryl methyl sites for hydroxylation is 1. The average Bonchev–Trinajstić information content (AvgIpc) is 2.82. The summed E-state index contributed by atoms with van der Waals surface area (Å²) in [6.45, 7) is 8.33. The molecular formula is C22H23N3O2. The molecule has 0 bridgehead atoms. The van der Waals surface area contributed by atoms with Gasteiger partial charge in [-0.3, -0.25) is 4.79 Å². The Labute approximate surface area is 158 Å². The van der Waals surface area contributed by atoms with E-state index in [9.17, 15) is 9.90 Å². The van der Waals surface area contributed by atoms with Crippen LogP contribution in [-0.4, -0.2) is 22.8 Å². The van der Waals surface area contributed by atoms with Gasteiger partial charge in [0.05, 0.1) is 16.8 Å². The molecule has 138 valence electrons. The first-order valence-electron chi connectivity index (χ1n) is 9.27. The van der Waals surface area contributed by atoms with Gasteiger partial charge in [-0.2, -0.15) is 0 Å². The summed E-state index contributed by atoms with van der Waals surface area (Å²) < 4.78 is 0. The number of hydrogen-bond donors (Lipinski definition) is 3. The summed E-state index contributed by atoms with van der Waals surface area (Å²) in [6, 6.07) is 11.6. The van der Waals surface area contributed by atoms with Gasteiger partial charge >= 0.3 is 0 Å². The molecule has 2 aromatic rings. The number of anilines is 2. The molecule has 1 spiro atoms. The van der Waals surface area contributed by atoms with Gasteiger partial charge in [-0.1, -0.05) is 18.2 Å². The zero-order valence-electron chi connectivity index (χ0n) is 15.9. The fraction of sp³-hybridized carbons (Fsp3) is 0.318. The van der Waals surface area contributed by atoms with Gasteiger partial charge in [-0.25, -0.2) is 0 Å². The van der Waals surface area contributed by atoms with E-state index in [-0.39, 0.29) is 11.4 Å². The van der Waals surface area contributed by atoms with Crippen molar-refractivity contribution in [1.82, 2.24) is 5.32 Å². The maximum Gasteiger partial charge on any atom is 0.255 e. The summed E-state index contributed by atoms with van der Waals surface area (Å²) in [6.07, 6.45) is 1.24. The Morgan fingerprint density at radius 2 is 1.81 bits per heavy atom. The molecule has 0 aromatic heterocycles. The first-order chi connectivity index (χ1) is 12.7. The monoisotopic (exact) mass is 361 g/mol. The molecule has 3 aliphatic heterocycles. The number of para-hydroxylation sites is 1. The first kappa shape index (κ1) is 16.4. The van der Waals surface area contributed by atoms with E-state index in [0.29, 0.717) is 5.56 Å². The van der Waals surface area contributed by atoms with Crippen molar-refractivity contribution in [3.8, 4) is 0 Å². The highest BCUT2D eigenvalue weighted by Crippen LogP contribution is 2.54. The lowest BCUT2D eigenvalue weighted by molar-refractivity contribution is 0.0571. The SMILES string of the molecule is CC1=CC(C)(C)N2c3c1cc(C)cc3[C@@]1(NC(=O)c3ccccc3N1)[C@H]2O. The predicted molar refractivity (Wildman–Crippen MR) is 107 cm³/mol. The minimum Gasteiger partial charge on any atom is -0.369 e. The van der Waals surface area contributed by atoms with Crippen molar-refractivity contribution in [2.45, 2.75) is 45.1 Å². The number of hydrogen-bond acceptors (Lipinski definition) is 4. The first-order valence-corrected chi connectivity index (χ1v) is 9.27. The summed E-state index contributed by atoms with van der Waals surface area (Å²) in [5.41, 5.74) is 5.14. The van der Waals surface area contributed by atoms with Gasteiger partial charge in [0.15, 0.2) is 11.9 Å². The van der Waals surface area contributed by atoms with Crippen LogP contribution in [0.1, 0.15) is 47.8 Å². The maximum atomic E-state index is 12.9. The van der Waals surface area contributed by atoms with Gasteiger partial charge in [-0.05, 0) is 63.1 Å². The van der Waals surface area contributed by atoms with E-state index >= 15 is 0 Å². The van der Waals surface area contributed by atoms with E-state index in [1.165, 1.54) is 5.57 Å². The van der Waals surface area contributed by atoms with Crippen molar-refractivity contribution in [3.05, 3.63) is 64.7 Å². The molecule has 3 heterocycles. The zero-order valence-corrected chi connectivity index (χ0v) is 15.9. The normalized spacial score (nSPS) is 26.9. The number of carbonyl (C=O) groups is 1. The van der Waals surface area contributed by atoms with E-state index in [1.54, 1.807) is 6.07 Å². The predicted octanol–water partition coefficient (Wildman–Crippen LogP) is 3.34. The largest absolute Gasteiger partial charge is 0.369 e. The number of rotatable bonds is 0. The van der Waals surface area contributed by atoms with Gasteiger partial charge in [0.25, 0.3) is 5.91 Å². The number of carbonyl (C=O) groups excluding carboxylic acids is 1. The smallest absolute Gasteiger partial charge is 0.255 e. The molecule has 5 heteroatoms. The number of aliphatic hydroxyl groups excluding tert-OH is 1. The van der Waals surface area contributed by atoms with Crippen molar-refractivity contribution >= 4 is 22.9 Å². The molecule has 0 radical (unpaired) electrons. The summed E-state index contributed by atoms with van der Waals surface area (Å²) in [7, 11) is 0. The standard InChI is InChI=1S/C22H23N3O2/c1-12-9-15-13(2)11-21(3,4)25-18(15)16(10-12)22(20(25)27)23-17-8-6-5-7-14(17)19(26)24-22/h5-11,20,23,27H,1-4H3,(H,24,26)/t20-,22-/m1/s1. The highest BCUT2D eigenvalue weighted by atomic mass is 16.3. The van der Waals surface area contributed by atoms with E-state index < -0.39 is 11.9 Å². The molecular weight excluding hydrogens is 338 g/mol. The van der Waals surface area contributed by atoms with Crippen LogP contribution in [0.2, 0.25) is 0 Å². The van der Waals surface area contributed by atoms with Crippen molar-refractivity contribution in [1.29, 1.82) is 0 Å². The Bertz CT molecular complexity index is 1040. The molecule has 0 aliphatic carbocycles. The average molecular weight is 361 g/mol. The number of fused-ring (bicyclic) bond motifs is 2. The van der Waals surface area contributed by atoms with Gasteiger partial charge in [-0.15, -0.1) is 0 Å². The lowest BCUT2D eigenvalue weighted by Gasteiger charge is -2.46. The third-order valence-corrected chi connectivity index (χ3v) is 5.98. The number of allylic oxidation sites excluding steroid dienone is 1. The zero-order chi connectivity index (χ0) is 19.1. The topological polar surface area (TPSA) is 64.6 Å². The lowest BCUT2D eigenvalue weighted by atomic mass is 9.87. The van der Waals surface area contributed by atoms with Crippen molar-refractivity contribution < 1.29 is 9.90 Å². The Hall–Kier alpha value is -2.79. The Balaban J connectivity index is 1.80. The molecule has 27 heavy (non-hydrogen) atoms. The second-order valence-electron chi connectivity index (χ2n) is 8.37. The molecule has 5 nitrogen and oxygen atoms in total. The van der Waals surface area contributed by atoms with Crippen molar-refractivity contribution in [2.24, 2.45) is 0 Å². The molecule has 2 aromatic carbocycles. The van der Waals surface area contributed by atoms with Crippen LogP contribution in [0.25, 0.3) is 5.57 Å². The highest BCUT2D eigenvalue weighted by molar-refractivity contribution is 6.03. The lowest BCUT2D eigenvalue weighted by Crippen LogP contribution is -2.65.